The number of rotatable bonds is 6. The summed E-state index contributed by atoms with van der Waals surface area (Å²) in [5, 5.41) is 2.91. The zero-order chi connectivity index (χ0) is 20.8. The lowest BCUT2D eigenvalue weighted by Crippen LogP contribution is -2.41. The molecule has 1 aliphatic heterocycles. The van der Waals surface area contributed by atoms with E-state index in [4.69, 9.17) is 4.74 Å². The van der Waals surface area contributed by atoms with Crippen LogP contribution in [-0.4, -0.2) is 61.1 Å². The molecule has 0 saturated carbocycles. The van der Waals surface area contributed by atoms with Crippen molar-refractivity contribution in [3.63, 3.8) is 0 Å². The van der Waals surface area contributed by atoms with Gasteiger partial charge in [-0.1, -0.05) is 6.07 Å². The number of anilines is 2. The van der Waals surface area contributed by atoms with Crippen LogP contribution >= 0.6 is 0 Å². The maximum Gasteiger partial charge on any atom is 0.274 e. The van der Waals surface area contributed by atoms with E-state index in [-0.39, 0.29) is 23.2 Å². The molecular formula is C22H28N4O3. The van der Waals surface area contributed by atoms with E-state index >= 15 is 0 Å². The van der Waals surface area contributed by atoms with Crippen LogP contribution in [-0.2, 0) is 4.74 Å². The summed E-state index contributed by atoms with van der Waals surface area (Å²) in [6, 6.07) is 10.9. The molecular weight excluding hydrogens is 368 g/mol. The molecule has 0 bridgehead atoms. The number of carbonyl (C=O) groups excluding carboxylic acids is 2. The lowest BCUT2D eigenvalue weighted by Gasteiger charge is -2.26. The summed E-state index contributed by atoms with van der Waals surface area (Å²) < 4.78 is 5.28. The summed E-state index contributed by atoms with van der Waals surface area (Å²) in [4.78, 5) is 33.6. The van der Waals surface area contributed by atoms with Crippen LogP contribution in [0.4, 0.5) is 11.4 Å². The van der Waals surface area contributed by atoms with Crippen molar-refractivity contribution in [3.05, 3.63) is 53.3 Å². The molecule has 2 amide bonds. The third-order valence-electron chi connectivity index (χ3n) is 5.09. The first-order valence-corrected chi connectivity index (χ1v) is 10.0. The molecule has 0 aliphatic carbocycles. The maximum absolute atomic E-state index is 12.7. The van der Waals surface area contributed by atoms with E-state index in [0.29, 0.717) is 26.3 Å². The van der Waals surface area contributed by atoms with Gasteiger partial charge in [0.05, 0.1) is 13.2 Å². The summed E-state index contributed by atoms with van der Waals surface area (Å²) in [6.07, 6.45) is 0. The van der Waals surface area contributed by atoms with Crippen molar-refractivity contribution < 1.29 is 14.3 Å². The fourth-order valence-electron chi connectivity index (χ4n) is 3.37. The van der Waals surface area contributed by atoms with E-state index < -0.39 is 0 Å². The van der Waals surface area contributed by atoms with Crippen molar-refractivity contribution >= 4 is 23.2 Å². The van der Waals surface area contributed by atoms with E-state index in [1.165, 1.54) is 0 Å². The quantitative estimate of drug-likeness (QED) is 0.813. The van der Waals surface area contributed by atoms with Gasteiger partial charge < -0.3 is 19.9 Å². The summed E-state index contributed by atoms with van der Waals surface area (Å²) in [5.41, 5.74) is 3.33. The second-order valence-corrected chi connectivity index (χ2v) is 6.94. The van der Waals surface area contributed by atoms with Crippen LogP contribution in [0.5, 0.6) is 0 Å². The number of nitrogens with one attached hydrogen (secondary N) is 1. The smallest absolute Gasteiger partial charge is 0.274 e. The van der Waals surface area contributed by atoms with Crippen LogP contribution in [0.1, 0.15) is 40.4 Å². The molecule has 0 unspecified atom stereocenters. The largest absolute Gasteiger partial charge is 0.378 e. The van der Waals surface area contributed by atoms with Crippen LogP contribution in [0.3, 0.4) is 0 Å². The van der Waals surface area contributed by atoms with E-state index in [9.17, 15) is 9.59 Å². The van der Waals surface area contributed by atoms with E-state index in [1.807, 2.05) is 19.1 Å². The molecule has 1 fully saturated rings. The second kappa shape index (κ2) is 9.52. The van der Waals surface area contributed by atoms with Gasteiger partial charge in [-0.25, -0.2) is 4.98 Å². The van der Waals surface area contributed by atoms with Gasteiger partial charge in [-0.2, -0.15) is 0 Å². The number of aryl methyl sites for hydroxylation is 1. The van der Waals surface area contributed by atoms with Gasteiger partial charge in [-0.3, -0.25) is 9.59 Å². The molecule has 7 nitrogen and oxygen atoms in total. The number of ether oxygens (including phenoxy) is 1. The fourth-order valence-corrected chi connectivity index (χ4v) is 3.37. The third-order valence-corrected chi connectivity index (χ3v) is 5.09. The predicted molar refractivity (Wildman–Crippen MR) is 114 cm³/mol. The van der Waals surface area contributed by atoms with Crippen LogP contribution in [0.2, 0.25) is 0 Å². The zero-order valence-corrected chi connectivity index (χ0v) is 17.3. The minimum absolute atomic E-state index is 0.178. The Morgan fingerprint density at radius 2 is 1.79 bits per heavy atom. The van der Waals surface area contributed by atoms with Gasteiger partial charge in [0.25, 0.3) is 11.8 Å². The normalized spacial score (nSPS) is 13.8. The topological polar surface area (TPSA) is 74.8 Å². The van der Waals surface area contributed by atoms with Crippen LogP contribution in [0.25, 0.3) is 0 Å². The zero-order valence-electron chi connectivity index (χ0n) is 17.3. The average molecular weight is 396 g/mol. The van der Waals surface area contributed by atoms with E-state index in [1.54, 1.807) is 23.1 Å². The molecule has 0 spiro atoms. The summed E-state index contributed by atoms with van der Waals surface area (Å²) in [7, 11) is 0. The Morgan fingerprint density at radius 1 is 1.10 bits per heavy atom. The Kier molecular flexibility index (Phi) is 6.82. The van der Waals surface area contributed by atoms with Crippen LogP contribution < -0.4 is 10.2 Å². The first kappa shape index (κ1) is 20.8. The number of benzene rings is 1. The highest BCUT2D eigenvalue weighted by molar-refractivity contribution is 6.04. The summed E-state index contributed by atoms with van der Waals surface area (Å²) >= 11 is 0. The first-order valence-electron chi connectivity index (χ1n) is 10.0. The number of hydrogen-bond donors (Lipinski definition) is 1. The van der Waals surface area contributed by atoms with Gasteiger partial charge in [0.15, 0.2) is 0 Å². The number of aromatic nitrogens is 1. The van der Waals surface area contributed by atoms with Crippen molar-refractivity contribution in [1.29, 1.82) is 0 Å². The number of amides is 2. The van der Waals surface area contributed by atoms with Gasteiger partial charge in [-0.15, -0.1) is 0 Å². The van der Waals surface area contributed by atoms with Gasteiger partial charge in [-0.05, 0) is 56.7 Å². The Labute approximate surface area is 171 Å². The highest BCUT2D eigenvalue weighted by Gasteiger charge is 2.21. The van der Waals surface area contributed by atoms with Gasteiger partial charge in [0.1, 0.15) is 11.4 Å². The minimum Gasteiger partial charge on any atom is -0.378 e. The van der Waals surface area contributed by atoms with Crippen molar-refractivity contribution in [3.8, 4) is 0 Å². The van der Waals surface area contributed by atoms with Gasteiger partial charge in [0.2, 0.25) is 0 Å². The number of pyridine rings is 1. The third kappa shape index (κ3) is 4.92. The molecule has 29 heavy (non-hydrogen) atoms. The van der Waals surface area contributed by atoms with Gasteiger partial charge in [0, 0.05) is 37.6 Å². The Bertz CT molecular complexity index is 874. The molecule has 1 aromatic heterocycles. The summed E-state index contributed by atoms with van der Waals surface area (Å²) in [5.74, 6) is -0.511. The monoisotopic (exact) mass is 396 g/mol. The Morgan fingerprint density at radius 3 is 2.45 bits per heavy atom. The molecule has 1 aliphatic rings. The summed E-state index contributed by atoms with van der Waals surface area (Å²) in [6.45, 7) is 10.2. The number of hydrogen-bond acceptors (Lipinski definition) is 5. The van der Waals surface area contributed by atoms with Crippen LogP contribution in [0.15, 0.2) is 36.4 Å². The molecule has 1 saturated heterocycles. The molecule has 0 atom stereocenters. The highest BCUT2D eigenvalue weighted by atomic mass is 16.5. The van der Waals surface area contributed by atoms with Crippen LogP contribution in [0, 0.1) is 6.92 Å². The maximum atomic E-state index is 12.7. The van der Waals surface area contributed by atoms with Crippen molar-refractivity contribution in [1.82, 2.24) is 9.88 Å². The molecule has 3 rings (SSSR count). The SMILES string of the molecule is CCN(CC)c1ccc(NC(=O)c2cccc(C(=O)N3CCOCC3)n2)c(C)c1. The molecule has 7 heteroatoms. The minimum atomic E-state index is -0.333. The van der Waals surface area contributed by atoms with Crippen molar-refractivity contribution in [2.24, 2.45) is 0 Å². The fraction of sp³-hybridized carbons (Fsp3) is 0.409. The molecule has 2 aromatic rings. The molecule has 2 heterocycles. The lowest BCUT2D eigenvalue weighted by molar-refractivity contribution is 0.0299. The standard InChI is InChI=1S/C22H28N4O3/c1-4-25(5-2)17-9-10-18(16(3)15-17)24-21(27)19-7-6-8-20(23-19)22(28)26-11-13-29-14-12-26/h6-10,15H,4-5,11-14H2,1-3H3,(H,24,27). The van der Waals surface area contributed by atoms with E-state index in [2.05, 4.69) is 35.1 Å². The van der Waals surface area contributed by atoms with Gasteiger partial charge >= 0.3 is 0 Å². The number of nitrogens with zero attached hydrogens (tertiary/aromatic N) is 3. The molecule has 1 aromatic carbocycles. The Hall–Kier alpha value is -2.93. The lowest BCUT2D eigenvalue weighted by atomic mass is 10.1. The Balaban J connectivity index is 1.73. The highest BCUT2D eigenvalue weighted by Crippen LogP contribution is 2.23. The van der Waals surface area contributed by atoms with E-state index in [0.717, 1.165) is 30.0 Å². The molecule has 154 valence electrons. The average Bonchev–Trinajstić information content (AvgIpc) is 2.76. The van der Waals surface area contributed by atoms with Crippen molar-refractivity contribution in [2.75, 3.05) is 49.6 Å². The number of morpholine rings is 1. The number of carbonyl (C=O) groups is 2. The molecule has 0 radical (unpaired) electrons. The van der Waals surface area contributed by atoms with Crippen molar-refractivity contribution in [2.45, 2.75) is 20.8 Å². The first-order chi connectivity index (χ1) is 14.0. The predicted octanol–water partition coefficient (Wildman–Crippen LogP) is 2.96. The molecule has 1 N–H and O–H groups in total. The second-order valence-electron chi connectivity index (χ2n) is 6.94.